The van der Waals surface area contributed by atoms with Gasteiger partial charge in [-0.3, -0.25) is 0 Å². The number of benzene rings is 1. The minimum atomic E-state index is -5.93. The monoisotopic (exact) mass is 301 g/mol. The average Bonchev–Trinajstić information content (AvgIpc) is 2.24. The third kappa shape index (κ3) is 2.56. The zero-order valence-electron chi connectivity index (χ0n) is 10.6. The smallest absolute Gasteiger partial charge is 0.398 e. The highest BCUT2D eigenvalue weighted by Gasteiger charge is 2.72. The lowest BCUT2D eigenvalue weighted by Crippen LogP contribution is -2.54. The van der Waals surface area contributed by atoms with Crippen LogP contribution in [0.25, 0.3) is 0 Å². The van der Waals surface area contributed by atoms with Crippen LogP contribution < -0.4 is 5.73 Å². The first kappa shape index (κ1) is 16.6. The van der Waals surface area contributed by atoms with Gasteiger partial charge in [0.25, 0.3) is 5.60 Å². The van der Waals surface area contributed by atoms with Crippen LogP contribution in [0.2, 0.25) is 0 Å². The summed E-state index contributed by atoms with van der Waals surface area (Å²) in [5.74, 6) is -0.129. The predicted molar refractivity (Wildman–Crippen MR) is 61.0 cm³/mol. The molecule has 3 N–H and O–H groups in total. The maximum atomic E-state index is 12.7. The highest BCUT2D eigenvalue weighted by Crippen LogP contribution is 2.51. The molecular weight excluding hydrogens is 288 g/mol. The SMILES string of the molecule is CC(C)c1ccc(C(O)(C(F)(F)F)C(F)(F)F)c(N)c1. The topological polar surface area (TPSA) is 46.2 Å². The molecular formula is C12H13F6NO. The Kier molecular flexibility index (Phi) is 4.02. The van der Waals surface area contributed by atoms with Crippen LogP contribution in [0.5, 0.6) is 0 Å². The van der Waals surface area contributed by atoms with E-state index in [1.807, 2.05) is 0 Å². The Bertz CT molecular complexity index is 478. The van der Waals surface area contributed by atoms with Crippen LogP contribution in [-0.4, -0.2) is 17.5 Å². The summed E-state index contributed by atoms with van der Waals surface area (Å²) >= 11 is 0. The zero-order chi connectivity index (χ0) is 15.9. The van der Waals surface area contributed by atoms with Crippen molar-refractivity contribution < 1.29 is 31.4 Å². The van der Waals surface area contributed by atoms with Crippen molar-refractivity contribution in [2.24, 2.45) is 0 Å². The average molecular weight is 301 g/mol. The molecule has 2 nitrogen and oxygen atoms in total. The van der Waals surface area contributed by atoms with Crippen LogP contribution in [0.1, 0.15) is 30.9 Å². The number of alkyl halides is 6. The highest BCUT2D eigenvalue weighted by molar-refractivity contribution is 5.53. The summed E-state index contributed by atoms with van der Waals surface area (Å²) < 4.78 is 76.2. The molecule has 0 unspecified atom stereocenters. The van der Waals surface area contributed by atoms with Crippen molar-refractivity contribution in [2.45, 2.75) is 37.7 Å². The molecule has 1 rings (SSSR count). The molecule has 0 atom stereocenters. The lowest BCUT2D eigenvalue weighted by atomic mass is 9.88. The van der Waals surface area contributed by atoms with Crippen molar-refractivity contribution in [3.63, 3.8) is 0 Å². The first-order chi connectivity index (χ1) is 8.82. The van der Waals surface area contributed by atoms with E-state index in [9.17, 15) is 31.4 Å². The number of hydrogen-bond donors (Lipinski definition) is 2. The molecule has 0 aliphatic carbocycles. The second-order valence-corrected chi connectivity index (χ2v) is 4.71. The molecule has 114 valence electrons. The molecule has 0 saturated carbocycles. The number of aliphatic hydroxyl groups is 1. The van der Waals surface area contributed by atoms with Gasteiger partial charge in [-0.15, -0.1) is 0 Å². The first-order valence-corrected chi connectivity index (χ1v) is 5.58. The maximum absolute atomic E-state index is 12.7. The predicted octanol–water partition coefficient (Wildman–Crippen LogP) is 3.70. The quantitative estimate of drug-likeness (QED) is 0.646. The van der Waals surface area contributed by atoms with Crippen LogP contribution in [0, 0.1) is 0 Å². The summed E-state index contributed by atoms with van der Waals surface area (Å²) in [5.41, 5.74) is -1.41. The summed E-state index contributed by atoms with van der Waals surface area (Å²) in [6.45, 7) is 3.41. The van der Waals surface area contributed by atoms with E-state index in [0.29, 0.717) is 11.6 Å². The number of hydrogen-bond acceptors (Lipinski definition) is 2. The van der Waals surface area contributed by atoms with Gasteiger partial charge < -0.3 is 10.8 Å². The van der Waals surface area contributed by atoms with Crippen LogP contribution >= 0.6 is 0 Å². The molecule has 1 aromatic rings. The number of rotatable bonds is 2. The Morgan fingerprint density at radius 3 is 1.75 bits per heavy atom. The number of nitrogens with two attached hydrogens (primary N) is 1. The van der Waals surface area contributed by atoms with Crippen LogP contribution in [0.4, 0.5) is 32.0 Å². The molecule has 1 aromatic carbocycles. The van der Waals surface area contributed by atoms with E-state index in [2.05, 4.69) is 0 Å². The van der Waals surface area contributed by atoms with Crippen molar-refractivity contribution in [1.29, 1.82) is 0 Å². The first-order valence-electron chi connectivity index (χ1n) is 5.58. The Balaban J connectivity index is 3.53. The Hall–Kier alpha value is -1.44. The third-order valence-electron chi connectivity index (χ3n) is 2.95. The van der Waals surface area contributed by atoms with E-state index in [1.165, 1.54) is 0 Å². The molecule has 0 spiro atoms. The minimum Gasteiger partial charge on any atom is -0.398 e. The van der Waals surface area contributed by atoms with Gasteiger partial charge in [0, 0.05) is 11.3 Å². The van der Waals surface area contributed by atoms with E-state index >= 15 is 0 Å². The summed E-state index contributed by atoms with van der Waals surface area (Å²) in [7, 11) is 0. The van der Waals surface area contributed by atoms with Gasteiger partial charge in [-0.25, -0.2) is 0 Å². The Morgan fingerprint density at radius 1 is 1.00 bits per heavy atom. The van der Waals surface area contributed by atoms with Gasteiger partial charge in [0.15, 0.2) is 0 Å². The molecule has 0 saturated heterocycles. The largest absolute Gasteiger partial charge is 0.430 e. The van der Waals surface area contributed by atoms with Crippen LogP contribution in [0.3, 0.4) is 0 Å². The highest BCUT2D eigenvalue weighted by atomic mass is 19.4. The molecule has 20 heavy (non-hydrogen) atoms. The minimum absolute atomic E-state index is 0.129. The molecule has 0 aromatic heterocycles. The molecule has 0 fully saturated rings. The normalized spacial score (nSPS) is 13.9. The second kappa shape index (κ2) is 4.83. The van der Waals surface area contributed by atoms with Crippen molar-refractivity contribution >= 4 is 5.69 Å². The van der Waals surface area contributed by atoms with E-state index in [1.54, 1.807) is 13.8 Å². The molecule has 0 amide bonds. The van der Waals surface area contributed by atoms with Gasteiger partial charge in [-0.05, 0) is 17.5 Å². The van der Waals surface area contributed by atoms with Gasteiger partial charge >= 0.3 is 12.4 Å². The fourth-order valence-electron chi connectivity index (χ4n) is 1.74. The van der Waals surface area contributed by atoms with Gasteiger partial charge in [0.2, 0.25) is 0 Å². The number of nitrogen functional groups attached to an aromatic ring is 1. The van der Waals surface area contributed by atoms with E-state index < -0.39 is 29.2 Å². The van der Waals surface area contributed by atoms with Gasteiger partial charge in [-0.1, -0.05) is 26.0 Å². The van der Waals surface area contributed by atoms with Crippen molar-refractivity contribution in [3.8, 4) is 0 Å². The lowest BCUT2D eigenvalue weighted by Gasteiger charge is -2.33. The Labute approximate surface area is 111 Å². The summed E-state index contributed by atoms with van der Waals surface area (Å²) in [6, 6.07) is 2.65. The van der Waals surface area contributed by atoms with Gasteiger partial charge in [0.1, 0.15) is 0 Å². The lowest BCUT2D eigenvalue weighted by molar-refractivity contribution is -0.376. The number of anilines is 1. The fourth-order valence-corrected chi connectivity index (χ4v) is 1.74. The number of halogens is 6. The molecule has 0 heterocycles. The zero-order valence-corrected chi connectivity index (χ0v) is 10.6. The fraction of sp³-hybridized carbons (Fsp3) is 0.500. The molecule has 0 radical (unpaired) electrons. The summed E-state index contributed by atoms with van der Waals surface area (Å²) in [6.07, 6.45) is -11.9. The van der Waals surface area contributed by atoms with Crippen molar-refractivity contribution in [1.82, 2.24) is 0 Å². The second-order valence-electron chi connectivity index (χ2n) is 4.71. The molecule has 0 aliphatic heterocycles. The van der Waals surface area contributed by atoms with Crippen LogP contribution in [-0.2, 0) is 5.60 Å². The molecule has 0 bridgehead atoms. The summed E-state index contributed by atoms with van der Waals surface area (Å²) in [4.78, 5) is 0. The third-order valence-corrected chi connectivity index (χ3v) is 2.95. The van der Waals surface area contributed by atoms with Gasteiger partial charge in [-0.2, -0.15) is 26.3 Å². The van der Waals surface area contributed by atoms with Crippen LogP contribution in [0.15, 0.2) is 18.2 Å². The maximum Gasteiger partial charge on any atom is 0.430 e. The van der Waals surface area contributed by atoms with E-state index in [4.69, 9.17) is 5.73 Å². The summed E-state index contributed by atoms with van der Waals surface area (Å²) in [5, 5.41) is 9.24. The Morgan fingerprint density at radius 2 is 1.45 bits per heavy atom. The van der Waals surface area contributed by atoms with Gasteiger partial charge in [0.05, 0.1) is 0 Å². The van der Waals surface area contributed by atoms with E-state index in [0.717, 1.165) is 12.1 Å². The molecule has 0 aliphatic rings. The van der Waals surface area contributed by atoms with E-state index in [-0.39, 0.29) is 5.92 Å². The standard InChI is InChI=1S/C12H13F6NO/c1-6(2)7-3-4-8(9(19)5-7)10(20,11(13,14)15)12(16,17)18/h3-6,20H,19H2,1-2H3. The molecule has 8 heteroatoms. The van der Waals surface area contributed by atoms with Crippen molar-refractivity contribution in [3.05, 3.63) is 29.3 Å². The van der Waals surface area contributed by atoms with Crippen molar-refractivity contribution in [2.75, 3.05) is 5.73 Å².